The number of pyridine rings is 1. The normalized spacial score (nSPS) is 23.1. The van der Waals surface area contributed by atoms with Crippen molar-refractivity contribution in [2.24, 2.45) is 23.7 Å². The fraction of sp³-hybridized carbons (Fsp3) is 0.306. The molecule has 0 radical (unpaired) electrons. The van der Waals surface area contributed by atoms with Crippen LogP contribution in [0.15, 0.2) is 72.8 Å². The van der Waals surface area contributed by atoms with Gasteiger partial charge in [-0.05, 0) is 75.6 Å². The van der Waals surface area contributed by atoms with E-state index in [1.807, 2.05) is 56.3 Å². The smallest absolute Gasteiger partial charge is 0.339 e. The number of imide groups is 1. The first kappa shape index (κ1) is 27.2. The molecule has 216 valence electrons. The summed E-state index contributed by atoms with van der Waals surface area (Å²) in [6.07, 6.45) is 2.09. The van der Waals surface area contributed by atoms with E-state index in [0.29, 0.717) is 45.2 Å². The van der Waals surface area contributed by atoms with Crippen LogP contribution in [0.1, 0.15) is 58.0 Å². The molecule has 5 atom stereocenters. The van der Waals surface area contributed by atoms with Gasteiger partial charge in [0.15, 0.2) is 6.10 Å². The maximum absolute atomic E-state index is 13.5. The summed E-state index contributed by atoms with van der Waals surface area (Å²) in [6, 6.07) is 21.6. The minimum atomic E-state index is -0.976. The van der Waals surface area contributed by atoms with Gasteiger partial charge in [0.25, 0.3) is 0 Å². The summed E-state index contributed by atoms with van der Waals surface area (Å²) in [5, 5.41) is 0.634. The van der Waals surface area contributed by atoms with Crippen LogP contribution in [0.3, 0.4) is 0 Å². The van der Waals surface area contributed by atoms with Gasteiger partial charge in [-0.25, -0.2) is 9.78 Å². The van der Waals surface area contributed by atoms with Gasteiger partial charge in [-0.3, -0.25) is 19.3 Å². The predicted molar refractivity (Wildman–Crippen MR) is 163 cm³/mol. The standard InChI is InChI=1S/C36H32N2O5/c1-19-7-9-23(10-8-19)33(39)21(3)43-36(42)28-18-29(37-32-20(2)5-4-6-27(28)32)22-13-15-26(16-14-22)38-34(40)30-24-11-12-25(17-24)31(30)35(38)41/h4-10,13-16,18,21,24-25,30-31H,11-12,17H2,1-3H3. The quantitative estimate of drug-likeness (QED) is 0.149. The lowest BCUT2D eigenvalue weighted by Crippen LogP contribution is -2.32. The molecule has 2 heterocycles. The van der Waals surface area contributed by atoms with Crippen LogP contribution in [0.2, 0.25) is 0 Å². The summed E-state index contributed by atoms with van der Waals surface area (Å²) >= 11 is 0. The number of fused-ring (bicyclic) bond motifs is 6. The molecule has 7 rings (SSSR count). The number of esters is 1. The summed E-state index contributed by atoms with van der Waals surface area (Å²) in [6.45, 7) is 5.45. The molecule has 7 heteroatoms. The second-order valence-corrected chi connectivity index (χ2v) is 12.2. The first-order chi connectivity index (χ1) is 20.7. The number of ketones is 1. The van der Waals surface area contributed by atoms with Crippen molar-refractivity contribution in [1.82, 2.24) is 4.98 Å². The Labute approximate surface area is 249 Å². The van der Waals surface area contributed by atoms with Crippen molar-refractivity contribution >= 4 is 40.2 Å². The molecular weight excluding hydrogens is 540 g/mol. The Balaban J connectivity index is 1.18. The fourth-order valence-corrected chi connectivity index (χ4v) is 7.38. The highest BCUT2D eigenvalue weighted by molar-refractivity contribution is 6.22. The van der Waals surface area contributed by atoms with Crippen LogP contribution in [-0.4, -0.2) is 34.7 Å². The molecule has 1 saturated heterocycles. The van der Waals surface area contributed by atoms with Crippen LogP contribution >= 0.6 is 0 Å². The Bertz CT molecular complexity index is 1780. The van der Waals surface area contributed by atoms with E-state index >= 15 is 0 Å². The van der Waals surface area contributed by atoms with Crippen molar-refractivity contribution in [3.63, 3.8) is 0 Å². The molecule has 7 nitrogen and oxygen atoms in total. The number of carbonyl (C=O) groups excluding carboxylic acids is 4. The van der Waals surface area contributed by atoms with Gasteiger partial charge in [-0.1, -0.05) is 60.2 Å². The molecular formula is C36H32N2O5. The van der Waals surface area contributed by atoms with Crippen LogP contribution in [0, 0.1) is 37.5 Å². The Kier molecular flexibility index (Phi) is 6.49. The van der Waals surface area contributed by atoms with Gasteiger partial charge in [0, 0.05) is 16.5 Å². The molecule has 2 amide bonds. The van der Waals surface area contributed by atoms with E-state index in [1.165, 1.54) is 4.90 Å². The van der Waals surface area contributed by atoms with E-state index in [2.05, 4.69) is 0 Å². The zero-order valence-electron chi connectivity index (χ0n) is 24.4. The summed E-state index contributed by atoms with van der Waals surface area (Å²) in [4.78, 5) is 59.4. The van der Waals surface area contributed by atoms with Crippen molar-refractivity contribution in [3.8, 4) is 11.3 Å². The average molecular weight is 573 g/mol. The van der Waals surface area contributed by atoms with Gasteiger partial charge in [-0.15, -0.1) is 0 Å². The third kappa shape index (κ3) is 4.46. The van der Waals surface area contributed by atoms with Gasteiger partial charge in [0.1, 0.15) is 0 Å². The number of rotatable bonds is 6. The highest BCUT2D eigenvalue weighted by atomic mass is 16.5. The van der Waals surface area contributed by atoms with Gasteiger partial charge in [-0.2, -0.15) is 0 Å². The second-order valence-electron chi connectivity index (χ2n) is 12.2. The Morgan fingerprint density at radius 2 is 1.53 bits per heavy atom. The Morgan fingerprint density at radius 1 is 0.884 bits per heavy atom. The third-order valence-electron chi connectivity index (χ3n) is 9.60. The fourth-order valence-electron chi connectivity index (χ4n) is 7.38. The van der Waals surface area contributed by atoms with Crippen molar-refractivity contribution in [2.75, 3.05) is 4.90 Å². The Hall–Kier alpha value is -4.65. The van der Waals surface area contributed by atoms with Crippen LogP contribution in [0.4, 0.5) is 5.69 Å². The highest BCUT2D eigenvalue weighted by Crippen LogP contribution is 2.56. The van der Waals surface area contributed by atoms with E-state index in [0.717, 1.165) is 36.0 Å². The number of hydrogen-bond acceptors (Lipinski definition) is 6. The van der Waals surface area contributed by atoms with Crippen LogP contribution in [0.5, 0.6) is 0 Å². The van der Waals surface area contributed by atoms with E-state index < -0.39 is 12.1 Å². The first-order valence-corrected chi connectivity index (χ1v) is 14.9. The zero-order valence-corrected chi connectivity index (χ0v) is 24.4. The number of nitrogens with zero attached hydrogens (tertiary/aromatic N) is 2. The number of Topliss-reactive ketones (excluding diaryl/α,β-unsaturated/α-hetero) is 1. The minimum Gasteiger partial charge on any atom is -0.451 e. The van der Waals surface area contributed by atoms with Crippen molar-refractivity contribution in [2.45, 2.75) is 46.1 Å². The van der Waals surface area contributed by atoms with Crippen molar-refractivity contribution < 1.29 is 23.9 Å². The van der Waals surface area contributed by atoms with Gasteiger partial charge < -0.3 is 4.74 Å². The molecule has 3 aromatic carbocycles. The molecule has 2 bridgehead atoms. The highest BCUT2D eigenvalue weighted by Gasteiger charge is 2.61. The van der Waals surface area contributed by atoms with Gasteiger partial charge >= 0.3 is 5.97 Å². The molecule has 1 aliphatic heterocycles. The van der Waals surface area contributed by atoms with E-state index in [9.17, 15) is 19.2 Å². The van der Waals surface area contributed by atoms with Crippen molar-refractivity contribution in [3.05, 3.63) is 95.1 Å². The number of para-hydroxylation sites is 1. The molecule has 5 unspecified atom stereocenters. The zero-order chi connectivity index (χ0) is 30.0. The molecule has 0 N–H and O–H groups in total. The lowest BCUT2D eigenvalue weighted by molar-refractivity contribution is -0.123. The molecule has 0 spiro atoms. The second kappa shape index (κ2) is 10.3. The van der Waals surface area contributed by atoms with E-state index in [1.54, 1.807) is 37.3 Å². The number of aromatic nitrogens is 1. The van der Waals surface area contributed by atoms with Gasteiger partial charge in [0.2, 0.25) is 17.6 Å². The number of amides is 2. The van der Waals surface area contributed by atoms with Crippen LogP contribution in [-0.2, 0) is 14.3 Å². The molecule has 3 fully saturated rings. The molecule has 4 aromatic rings. The molecule has 43 heavy (non-hydrogen) atoms. The average Bonchev–Trinajstić information content (AvgIpc) is 3.70. The van der Waals surface area contributed by atoms with E-state index in [4.69, 9.17) is 9.72 Å². The number of anilines is 1. The lowest BCUT2D eigenvalue weighted by Gasteiger charge is -2.19. The monoisotopic (exact) mass is 572 g/mol. The number of carbonyl (C=O) groups is 4. The topological polar surface area (TPSA) is 93.6 Å². The Morgan fingerprint density at radius 3 is 2.19 bits per heavy atom. The summed E-state index contributed by atoms with van der Waals surface area (Å²) in [7, 11) is 0. The summed E-state index contributed by atoms with van der Waals surface area (Å²) < 4.78 is 5.69. The number of hydrogen-bond donors (Lipinski definition) is 0. The van der Waals surface area contributed by atoms with Crippen LogP contribution < -0.4 is 4.90 Å². The van der Waals surface area contributed by atoms with E-state index in [-0.39, 0.29) is 29.4 Å². The molecule has 1 aromatic heterocycles. The molecule has 2 aliphatic carbocycles. The number of benzene rings is 3. The van der Waals surface area contributed by atoms with Crippen molar-refractivity contribution in [1.29, 1.82) is 0 Å². The number of ether oxygens (including phenoxy) is 1. The maximum Gasteiger partial charge on any atom is 0.339 e. The summed E-state index contributed by atoms with van der Waals surface area (Å²) in [5.41, 5.74) is 5.21. The number of aryl methyl sites for hydroxylation is 2. The minimum absolute atomic E-state index is 0.0752. The SMILES string of the molecule is Cc1ccc(C(=O)C(C)OC(=O)c2cc(-c3ccc(N4C(=O)C5C6CCC(C6)C5C4=O)cc3)nc3c(C)cccc23)cc1. The third-order valence-corrected chi connectivity index (χ3v) is 9.60. The maximum atomic E-state index is 13.5. The summed E-state index contributed by atoms with van der Waals surface area (Å²) in [5.74, 6) is -0.736. The first-order valence-electron chi connectivity index (χ1n) is 14.9. The van der Waals surface area contributed by atoms with Gasteiger partial charge in [0.05, 0.1) is 34.3 Å². The molecule has 2 saturated carbocycles. The van der Waals surface area contributed by atoms with Crippen LogP contribution in [0.25, 0.3) is 22.2 Å². The predicted octanol–water partition coefficient (Wildman–Crippen LogP) is 6.48. The largest absolute Gasteiger partial charge is 0.451 e. The lowest BCUT2D eigenvalue weighted by atomic mass is 9.81. The molecule has 3 aliphatic rings.